The summed E-state index contributed by atoms with van der Waals surface area (Å²) in [4.78, 5) is 27.0. The van der Waals surface area contributed by atoms with Gasteiger partial charge in [0.05, 0.1) is 11.7 Å². The third-order valence-electron chi connectivity index (χ3n) is 5.15. The SMILES string of the molecule is CC(NC(=O)[C@@H]1CCCN1c1cc(=O)oc2ccccc12)c1ccccc1. The maximum Gasteiger partial charge on any atom is 0.338 e. The summed E-state index contributed by atoms with van der Waals surface area (Å²) < 4.78 is 5.30. The molecule has 1 aliphatic heterocycles. The highest BCUT2D eigenvalue weighted by Crippen LogP contribution is 2.31. The van der Waals surface area contributed by atoms with Gasteiger partial charge >= 0.3 is 5.63 Å². The lowest BCUT2D eigenvalue weighted by atomic mass is 10.1. The van der Waals surface area contributed by atoms with E-state index in [-0.39, 0.29) is 18.0 Å². The quantitative estimate of drug-likeness (QED) is 0.720. The first-order valence-corrected chi connectivity index (χ1v) is 9.28. The molecular weight excluding hydrogens is 340 g/mol. The first kappa shape index (κ1) is 17.3. The predicted molar refractivity (Wildman–Crippen MR) is 106 cm³/mol. The van der Waals surface area contributed by atoms with Crippen molar-refractivity contribution in [1.29, 1.82) is 0 Å². The molecule has 0 bridgehead atoms. The van der Waals surface area contributed by atoms with Crippen LogP contribution in [-0.2, 0) is 4.79 Å². The summed E-state index contributed by atoms with van der Waals surface area (Å²) in [5.41, 5.74) is 1.99. The molecule has 0 spiro atoms. The molecule has 5 nitrogen and oxygen atoms in total. The van der Waals surface area contributed by atoms with E-state index in [1.54, 1.807) is 6.07 Å². The second-order valence-corrected chi connectivity index (χ2v) is 6.94. The summed E-state index contributed by atoms with van der Waals surface area (Å²) in [6, 6.07) is 18.5. The molecule has 2 heterocycles. The number of para-hydroxylation sites is 1. The van der Waals surface area contributed by atoms with Crippen LogP contribution in [0.3, 0.4) is 0 Å². The summed E-state index contributed by atoms with van der Waals surface area (Å²) in [6.45, 7) is 2.73. The van der Waals surface area contributed by atoms with Crippen LogP contribution in [0.2, 0.25) is 0 Å². The van der Waals surface area contributed by atoms with Crippen molar-refractivity contribution in [3.63, 3.8) is 0 Å². The Hall–Kier alpha value is -3.08. The van der Waals surface area contributed by atoms with Crippen LogP contribution in [0.25, 0.3) is 11.0 Å². The van der Waals surface area contributed by atoms with E-state index in [0.717, 1.165) is 36.0 Å². The normalized spacial score (nSPS) is 17.8. The Morgan fingerprint density at radius 2 is 1.89 bits per heavy atom. The molecule has 1 fully saturated rings. The van der Waals surface area contributed by atoms with Crippen molar-refractivity contribution in [1.82, 2.24) is 5.32 Å². The molecule has 138 valence electrons. The summed E-state index contributed by atoms with van der Waals surface area (Å²) in [5, 5.41) is 3.97. The summed E-state index contributed by atoms with van der Waals surface area (Å²) >= 11 is 0. The van der Waals surface area contributed by atoms with Crippen LogP contribution < -0.4 is 15.8 Å². The van der Waals surface area contributed by atoms with Gasteiger partial charge in [-0.05, 0) is 37.5 Å². The third kappa shape index (κ3) is 3.45. The van der Waals surface area contributed by atoms with Crippen molar-refractivity contribution in [2.75, 3.05) is 11.4 Å². The van der Waals surface area contributed by atoms with Gasteiger partial charge in [0, 0.05) is 18.0 Å². The van der Waals surface area contributed by atoms with Crippen molar-refractivity contribution >= 4 is 22.6 Å². The van der Waals surface area contributed by atoms with Crippen molar-refractivity contribution in [3.05, 3.63) is 76.6 Å². The molecule has 0 saturated carbocycles. The molecule has 1 unspecified atom stereocenters. The number of anilines is 1. The van der Waals surface area contributed by atoms with E-state index < -0.39 is 5.63 Å². The standard InChI is InChI=1S/C22H22N2O3/c1-15(16-8-3-2-4-9-16)23-22(26)18-11-7-13-24(18)19-14-21(25)27-20-12-6-5-10-17(19)20/h2-6,8-10,12,14-15,18H,7,11,13H2,1H3,(H,23,26)/t15?,18-/m0/s1. The number of benzene rings is 2. The molecule has 0 radical (unpaired) electrons. The number of fused-ring (bicyclic) bond motifs is 1. The van der Waals surface area contributed by atoms with E-state index >= 15 is 0 Å². The van der Waals surface area contributed by atoms with Gasteiger partial charge in [-0.2, -0.15) is 0 Å². The minimum Gasteiger partial charge on any atom is -0.423 e. The first-order chi connectivity index (χ1) is 13.1. The molecule has 0 aliphatic carbocycles. The van der Waals surface area contributed by atoms with Crippen molar-refractivity contribution in [2.24, 2.45) is 0 Å². The summed E-state index contributed by atoms with van der Waals surface area (Å²) in [5.74, 6) is -0.0128. The number of hydrogen-bond acceptors (Lipinski definition) is 4. The zero-order valence-electron chi connectivity index (χ0n) is 15.2. The van der Waals surface area contributed by atoms with Crippen LogP contribution >= 0.6 is 0 Å². The number of amides is 1. The van der Waals surface area contributed by atoms with Gasteiger partial charge in [0.15, 0.2) is 0 Å². The Kier molecular flexibility index (Phi) is 4.67. The number of nitrogens with zero attached hydrogens (tertiary/aromatic N) is 1. The van der Waals surface area contributed by atoms with Gasteiger partial charge in [-0.25, -0.2) is 4.79 Å². The Balaban J connectivity index is 1.61. The van der Waals surface area contributed by atoms with E-state index in [0.29, 0.717) is 5.58 Å². The molecule has 1 saturated heterocycles. The van der Waals surface area contributed by atoms with Crippen LogP contribution in [-0.4, -0.2) is 18.5 Å². The number of carbonyl (C=O) groups is 1. The molecule has 1 amide bonds. The summed E-state index contributed by atoms with van der Waals surface area (Å²) in [7, 11) is 0. The zero-order valence-corrected chi connectivity index (χ0v) is 15.2. The molecule has 5 heteroatoms. The third-order valence-corrected chi connectivity index (χ3v) is 5.15. The van der Waals surface area contributed by atoms with E-state index in [1.807, 2.05) is 60.4 Å². The van der Waals surface area contributed by atoms with Crippen LogP contribution in [0.15, 0.2) is 69.9 Å². The monoisotopic (exact) mass is 362 g/mol. The molecule has 4 rings (SSSR count). The zero-order chi connectivity index (χ0) is 18.8. The fraction of sp³-hybridized carbons (Fsp3) is 0.273. The summed E-state index contributed by atoms with van der Waals surface area (Å²) in [6.07, 6.45) is 1.67. The molecule has 2 aromatic carbocycles. The van der Waals surface area contributed by atoms with Gasteiger partial charge in [0.2, 0.25) is 5.91 Å². The number of rotatable bonds is 4. The first-order valence-electron chi connectivity index (χ1n) is 9.28. The molecule has 1 N–H and O–H groups in total. The Morgan fingerprint density at radius 1 is 1.15 bits per heavy atom. The van der Waals surface area contributed by atoms with E-state index in [1.165, 1.54) is 6.07 Å². The lowest BCUT2D eigenvalue weighted by molar-refractivity contribution is -0.122. The van der Waals surface area contributed by atoms with E-state index in [4.69, 9.17) is 4.42 Å². The smallest absolute Gasteiger partial charge is 0.338 e. The highest BCUT2D eigenvalue weighted by molar-refractivity contribution is 5.94. The van der Waals surface area contributed by atoms with Gasteiger partial charge in [0.25, 0.3) is 0 Å². The van der Waals surface area contributed by atoms with Gasteiger partial charge < -0.3 is 14.6 Å². The average molecular weight is 362 g/mol. The fourth-order valence-corrected chi connectivity index (χ4v) is 3.79. The van der Waals surface area contributed by atoms with Crippen molar-refractivity contribution < 1.29 is 9.21 Å². The molecule has 27 heavy (non-hydrogen) atoms. The number of nitrogens with one attached hydrogen (secondary N) is 1. The Bertz CT molecular complexity index is 1010. The lowest BCUT2D eigenvalue weighted by Crippen LogP contribution is -2.44. The second-order valence-electron chi connectivity index (χ2n) is 6.94. The molecule has 3 aromatic rings. The lowest BCUT2D eigenvalue weighted by Gasteiger charge is -2.28. The van der Waals surface area contributed by atoms with E-state index in [9.17, 15) is 9.59 Å². The number of hydrogen-bond donors (Lipinski definition) is 1. The van der Waals surface area contributed by atoms with Gasteiger partial charge in [-0.3, -0.25) is 4.79 Å². The van der Waals surface area contributed by atoms with Gasteiger partial charge in [0.1, 0.15) is 11.6 Å². The van der Waals surface area contributed by atoms with Gasteiger partial charge in [-0.15, -0.1) is 0 Å². The highest BCUT2D eigenvalue weighted by Gasteiger charge is 2.32. The van der Waals surface area contributed by atoms with Crippen LogP contribution in [0.4, 0.5) is 5.69 Å². The minimum atomic E-state index is -0.396. The van der Waals surface area contributed by atoms with Crippen molar-refractivity contribution in [2.45, 2.75) is 31.8 Å². The molecular formula is C22H22N2O3. The van der Waals surface area contributed by atoms with E-state index in [2.05, 4.69) is 5.32 Å². The fourth-order valence-electron chi connectivity index (χ4n) is 3.79. The Morgan fingerprint density at radius 3 is 2.70 bits per heavy atom. The number of carbonyl (C=O) groups excluding carboxylic acids is 1. The molecule has 1 aromatic heterocycles. The second kappa shape index (κ2) is 7.27. The van der Waals surface area contributed by atoms with Crippen LogP contribution in [0.1, 0.15) is 31.4 Å². The minimum absolute atomic E-state index is 0.0128. The maximum absolute atomic E-state index is 13.0. The predicted octanol–water partition coefficient (Wildman–Crippen LogP) is 3.64. The van der Waals surface area contributed by atoms with Crippen LogP contribution in [0.5, 0.6) is 0 Å². The average Bonchev–Trinajstić information content (AvgIpc) is 3.17. The van der Waals surface area contributed by atoms with Crippen molar-refractivity contribution in [3.8, 4) is 0 Å². The highest BCUT2D eigenvalue weighted by atomic mass is 16.4. The van der Waals surface area contributed by atoms with Gasteiger partial charge in [-0.1, -0.05) is 42.5 Å². The molecule has 1 aliphatic rings. The Labute approximate surface area is 157 Å². The largest absolute Gasteiger partial charge is 0.423 e. The van der Waals surface area contributed by atoms with Crippen LogP contribution in [0, 0.1) is 0 Å². The molecule has 2 atom stereocenters. The topological polar surface area (TPSA) is 62.6 Å². The maximum atomic E-state index is 13.0.